The number of aromatic amines is 1. The molecule has 4 nitrogen and oxygen atoms in total. The number of benzene rings is 1. The minimum atomic E-state index is 1.04. The SMILES string of the molecule is CC.CN1CCCC1.CNP.Cc1[nH]nc2ccccc12. The van der Waals surface area contributed by atoms with Crippen LogP contribution in [0.25, 0.3) is 10.9 Å². The fourth-order valence-corrected chi connectivity index (χ4v) is 1.97. The van der Waals surface area contributed by atoms with Gasteiger partial charge >= 0.3 is 0 Å². The Balaban J connectivity index is 0.000000313. The zero-order valence-electron chi connectivity index (χ0n) is 14.1. The van der Waals surface area contributed by atoms with E-state index in [0.717, 1.165) is 11.2 Å². The molecule has 1 fully saturated rings. The quantitative estimate of drug-likeness (QED) is 0.731. The summed E-state index contributed by atoms with van der Waals surface area (Å²) in [7, 11) is 6.34. The van der Waals surface area contributed by atoms with E-state index < -0.39 is 0 Å². The standard InChI is InChI=1S/C8H8N2.C5H11N.C2H6.CH6NP/c1-6-7-4-2-3-5-8(7)10-9-6;1-6-4-2-3-5-6;1-2;1-2-3/h2-5H,1H3,(H,9,10);2-5H2,1H3;1-2H3;2H,3H2,1H3. The van der Waals surface area contributed by atoms with Crippen LogP contribution in [0.3, 0.4) is 0 Å². The molecule has 2 heterocycles. The molecule has 1 aliphatic rings. The highest BCUT2D eigenvalue weighted by Gasteiger charge is 2.03. The molecule has 1 aliphatic heterocycles. The number of fused-ring (bicyclic) bond motifs is 1. The van der Waals surface area contributed by atoms with Crippen LogP contribution in [-0.2, 0) is 0 Å². The Morgan fingerprint density at radius 2 is 1.71 bits per heavy atom. The Bertz CT molecular complexity index is 464. The Morgan fingerprint density at radius 1 is 1.19 bits per heavy atom. The van der Waals surface area contributed by atoms with E-state index in [1.165, 1.54) is 31.3 Å². The molecule has 0 saturated carbocycles. The monoisotopic (exact) mass is 310 g/mol. The molecule has 0 aliphatic carbocycles. The summed E-state index contributed by atoms with van der Waals surface area (Å²) in [6.07, 6.45) is 2.83. The van der Waals surface area contributed by atoms with Crippen molar-refractivity contribution in [3.8, 4) is 0 Å². The lowest BCUT2D eigenvalue weighted by Gasteiger charge is -2.01. The maximum Gasteiger partial charge on any atom is 0.0923 e. The van der Waals surface area contributed by atoms with Crippen LogP contribution in [0.4, 0.5) is 0 Å². The number of aromatic nitrogens is 2. The van der Waals surface area contributed by atoms with Gasteiger partial charge in [-0.2, -0.15) is 5.10 Å². The van der Waals surface area contributed by atoms with Crippen molar-refractivity contribution in [3.63, 3.8) is 0 Å². The maximum absolute atomic E-state index is 4.09. The molecule has 1 atom stereocenters. The van der Waals surface area contributed by atoms with Gasteiger partial charge in [0.15, 0.2) is 0 Å². The van der Waals surface area contributed by atoms with Gasteiger partial charge in [0, 0.05) is 11.1 Å². The number of nitrogens with one attached hydrogen (secondary N) is 2. The van der Waals surface area contributed by atoms with Gasteiger partial charge in [0.2, 0.25) is 0 Å². The third-order valence-electron chi connectivity index (χ3n) is 2.98. The molecule has 0 bridgehead atoms. The Kier molecular flexibility index (Phi) is 12.2. The minimum Gasteiger partial charge on any atom is -0.306 e. The van der Waals surface area contributed by atoms with Gasteiger partial charge in [0.05, 0.1) is 5.52 Å². The molecule has 3 rings (SSSR count). The van der Waals surface area contributed by atoms with Crippen LogP contribution in [0.5, 0.6) is 0 Å². The van der Waals surface area contributed by atoms with Gasteiger partial charge in [-0.25, -0.2) is 0 Å². The lowest BCUT2D eigenvalue weighted by atomic mass is 10.2. The number of H-pyrrole nitrogens is 1. The molecule has 1 unspecified atom stereocenters. The van der Waals surface area contributed by atoms with Crippen molar-refractivity contribution in [1.82, 2.24) is 20.2 Å². The van der Waals surface area contributed by atoms with E-state index in [-0.39, 0.29) is 0 Å². The van der Waals surface area contributed by atoms with Crippen molar-refractivity contribution in [3.05, 3.63) is 30.0 Å². The first-order valence-corrected chi connectivity index (χ1v) is 8.22. The Labute approximate surface area is 132 Å². The molecule has 0 spiro atoms. The van der Waals surface area contributed by atoms with Crippen LogP contribution in [0.1, 0.15) is 32.4 Å². The van der Waals surface area contributed by atoms with Crippen molar-refractivity contribution in [2.24, 2.45) is 0 Å². The fraction of sp³-hybridized carbons (Fsp3) is 0.562. The van der Waals surface area contributed by atoms with Gasteiger partial charge in [-0.3, -0.25) is 5.10 Å². The van der Waals surface area contributed by atoms with Gasteiger partial charge in [0.25, 0.3) is 0 Å². The third-order valence-corrected chi connectivity index (χ3v) is 2.98. The van der Waals surface area contributed by atoms with Crippen molar-refractivity contribution >= 4 is 20.3 Å². The average molecular weight is 310 g/mol. The topological polar surface area (TPSA) is 44.0 Å². The predicted molar refractivity (Wildman–Crippen MR) is 97.7 cm³/mol. The number of aryl methyl sites for hydroxylation is 1. The van der Waals surface area contributed by atoms with Crippen LogP contribution in [-0.4, -0.2) is 42.3 Å². The van der Waals surface area contributed by atoms with E-state index in [0.29, 0.717) is 0 Å². The van der Waals surface area contributed by atoms with E-state index in [2.05, 4.69) is 42.7 Å². The summed E-state index contributed by atoms with van der Waals surface area (Å²) in [4.78, 5) is 2.36. The molecular formula is C16H31N4P. The fourth-order valence-electron chi connectivity index (χ4n) is 1.97. The molecule has 0 amide bonds. The Morgan fingerprint density at radius 3 is 2.14 bits per heavy atom. The van der Waals surface area contributed by atoms with Crippen LogP contribution < -0.4 is 5.09 Å². The van der Waals surface area contributed by atoms with Crippen molar-refractivity contribution in [1.29, 1.82) is 0 Å². The number of nitrogens with zero attached hydrogens (tertiary/aromatic N) is 2. The molecule has 120 valence electrons. The molecule has 2 aromatic rings. The number of hydrogen-bond acceptors (Lipinski definition) is 3. The summed E-state index contributed by atoms with van der Waals surface area (Å²) in [5.74, 6) is 0. The molecule has 21 heavy (non-hydrogen) atoms. The van der Waals surface area contributed by atoms with Crippen LogP contribution in [0.2, 0.25) is 0 Å². The second-order valence-electron chi connectivity index (χ2n) is 4.66. The Hall–Kier alpha value is -0.960. The van der Waals surface area contributed by atoms with Gasteiger partial charge in [0.1, 0.15) is 0 Å². The summed E-state index contributed by atoms with van der Waals surface area (Å²) >= 11 is 0. The molecule has 5 heteroatoms. The molecule has 2 N–H and O–H groups in total. The van der Waals surface area contributed by atoms with Gasteiger partial charge in [-0.15, -0.1) is 0 Å². The van der Waals surface area contributed by atoms with E-state index >= 15 is 0 Å². The second-order valence-corrected chi connectivity index (χ2v) is 5.24. The molecular weight excluding hydrogens is 279 g/mol. The van der Waals surface area contributed by atoms with Crippen LogP contribution in [0, 0.1) is 6.92 Å². The van der Waals surface area contributed by atoms with Crippen molar-refractivity contribution in [2.75, 3.05) is 27.2 Å². The lowest BCUT2D eigenvalue weighted by molar-refractivity contribution is 0.418. The summed E-state index contributed by atoms with van der Waals surface area (Å²) in [6.45, 7) is 8.66. The molecule has 0 radical (unpaired) electrons. The molecule has 1 aromatic heterocycles. The van der Waals surface area contributed by atoms with E-state index in [1.54, 1.807) is 0 Å². The zero-order chi connectivity index (χ0) is 16.1. The molecule has 1 saturated heterocycles. The summed E-state index contributed by atoms with van der Waals surface area (Å²) in [5.41, 5.74) is 2.18. The normalized spacial score (nSPS) is 13.4. The highest BCUT2D eigenvalue weighted by atomic mass is 31.0. The summed E-state index contributed by atoms with van der Waals surface area (Å²) in [5, 5.41) is 10.9. The largest absolute Gasteiger partial charge is 0.306 e. The van der Waals surface area contributed by atoms with E-state index in [4.69, 9.17) is 0 Å². The van der Waals surface area contributed by atoms with Gasteiger partial charge in [-0.1, -0.05) is 41.4 Å². The lowest BCUT2D eigenvalue weighted by Crippen LogP contribution is -2.10. The summed E-state index contributed by atoms with van der Waals surface area (Å²) in [6, 6.07) is 8.07. The van der Waals surface area contributed by atoms with Crippen molar-refractivity contribution < 1.29 is 0 Å². The van der Waals surface area contributed by atoms with Crippen LogP contribution >= 0.6 is 9.39 Å². The smallest absolute Gasteiger partial charge is 0.0923 e. The first-order chi connectivity index (χ1) is 10.2. The number of para-hydroxylation sites is 1. The first kappa shape index (κ1) is 20.0. The highest BCUT2D eigenvalue weighted by Crippen LogP contribution is 2.12. The zero-order valence-corrected chi connectivity index (χ0v) is 15.3. The van der Waals surface area contributed by atoms with E-state index in [9.17, 15) is 0 Å². The van der Waals surface area contributed by atoms with E-state index in [1.807, 2.05) is 46.0 Å². The highest BCUT2D eigenvalue weighted by molar-refractivity contribution is 7.13. The first-order valence-electron chi connectivity index (χ1n) is 7.64. The minimum absolute atomic E-state index is 1.04. The average Bonchev–Trinajstić information content (AvgIpc) is 3.13. The maximum atomic E-state index is 4.09. The van der Waals surface area contributed by atoms with Gasteiger partial charge < -0.3 is 9.99 Å². The van der Waals surface area contributed by atoms with Gasteiger partial charge in [-0.05, 0) is 53.0 Å². The molecule has 1 aromatic carbocycles. The van der Waals surface area contributed by atoms with Crippen molar-refractivity contribution in [2.45, 2.75) is 33.6 Å². The summed E-state index contributed by atoms with van der Waals surface area (Å²) < 4.78 is 0. The van der Waals surface area contributed by atoms with Crippen LogP contribution in [0.15, 0.2) is 24.3 Å². The second kappa shape index (κ2) is 12.8. The number of rotatable bonds is 0. The third kappa shape index (κ3) is 8.15. The number of hydrogen-bond donors (Lipinski definition) is 2. The predicted octanol–water partition coefficient (Wildman–Crippen LogP) is 3.61. The number of likely N-dealkylation sites (tertiary alicyclic amines) is 1.